The standard InChI is InChI=1S/C17H27NO2/c1-5-18-6-7-20-17(11-18)16(19)10-15-13(3)8-12(2)9-14(15)4/h8-9,16-17,19H,5-7,10-11H2,1-4H3. The lowest BCUT2D eigenvalue weighted by atomic mass is 9.93. The zero-order valence-corrected chi connectivity index (χ0v) is 13.1. The van der Waals surface area contributed by atoms with Gasteiger partial charge in [-0.2, -0.15) is 0 Å². The van der Waals surface area contributed by atoms with Crippen LogP contribution in [-0.2, 0) is 11.2 Å². The monoisotopic (exact) mass is 277 g/mol. The highest BCUT2D eigenvalue weighted by molar-refractivity contribution is 5.38. The predicted molar refractivity (Wildman–Crippen MR) is 82.2 cm³/mol. The van der Waals surface area contributed by atoms with E-state index in [0.717, 1.165) is 26.2 Å². The molecule has 3 nitrogen and oxygen atoms in total. The van der Waals surface area contributed by atoms with Gasteiger partial charge in [-0.3, -0.25) is 4.90 Å². The van der Waals surface area contributed by atoms with Crippen molar-refractivity contribution < 1.29 is 9.84 Å². The summed E-state index contributed by atoms with van der Waals surface area (Å²) >= 11 is 0. The third kappa shape index (κ3) is 3.60. The molecule has 1 aliphatic rings. The molecule has 0 radical (unpaired) electrons. The molecule has 1 heterocycles. The number of benzene rings is 1. The van der Waals surface area contributed by atoms with Gasteiger partial charge in [0.2, 0.25) is 0 Å². The third-order valence-electron chi connectivity index (χ3n) is 4.31. The Labute approximate surface area is 122 Å². The number of aryl methyl sites for hydroxylation is 3. The van der Waals surface area contributed by atoms with E-state index in [4.69, 9.17) is 4.74 Å². The molecule has 20 heavy (non-hydrogen) atoms. The first-order chi connectivity index (χ1) is 9.51. The topological polar surface area (TPSA) is 32.7 Å². The summed E-state index contributed by atoms with van der Waals surface area (Å²) in [7, 11) is 0. The van der Waals surface area contributed by atoms with Crippen molar-refractivity contribution in [2.45, 2.75) is 46.3 Å². The van der Waals surface area contributed by atoms with Crippen LogP contribution < -0.4 is 0 Å². The molecule has 1 fully saturated rings. The fraction of sp³-hybridized carbons (Fsp3) is 0.647. The van der Waals surface area contributed by atoms with E-state index < -0.39 is 6.10 Å². The first-order valence-electron chi connectivity index (χ1n) is 7.60. The van der Waals surface area contributed by atoms with Crippen molar-refractivity contribution >= 4 is 0 Å². The van der Waals surface area contributed by atoms with Gasteiger partial charge in [0.05, 0.1) is 18.8 Å². The summed E-state index contributed by atoms with van der Waals surface area (Å²) < 4.78 is 5.76. The first kappa shape index (κ1) is 15.5. The molecule has 1 aromatic carbocycles. The molecule has 1 saturated heterocycles. The number of ether oxygens (including phenoxy) is 1. The van der Waals surface area contributed by atoms with Crippen LogP contribution in [0.25, 0.3) is 0 Å². The Kier molecular flexibility index (Phi) is 5.19. The van der Waals surface area contributed by atoms with E-state index >= 15 is 0 Å². The maximum atomic E-state index is 10.5. The van der Waals surface area contributed by atoms with Crippen molar-refractivity contribution in [3.8, 4) is 0 Å². The zero-order chi connectivity index (χ0) is 14.7. The van der Waals surface area contributed by atoms with Crippen molar-refractivity contribution in [3.05, 3.63) is 34.4 Å². The Balaban J connectivity index is 2.06. The molecule has 112 valence electrons. The van der Waals surface area contributed by atoms with E-state index in [1.54, 1.807) is 0 Å². The Hall–Kier alpha value is -0.900. The van der Waals surface area contributed by atoms with Crippen molar-refractivity contribution in [2.75, 3.05) is 26.2 Å². The Bertz CT molecular complexity index is 435. The van der Waals surface area contributed by atoms with Crippen molar-refractivity contribution in [1.82, 2.24) is 4.90 Å². The average molecular weight is 277 g/mol. The molecule has 0 aromatic heterocycles. The molecular weight excluding hydrogens is 250 g/mol. The quantitative estimate of drug-likeness (QED) is 0.916. The summed E-state index contributed by atoms with van der Waals surface area (Å²) in [5.74, 6) is 0. The minimum absolute atomic E-state index is 0.0659. The molecule has 3 heteroatoms. The largest absolute Gasteiger partial charge is 0.390 e. The fourth-order valence-electron chi connectivity index (χ4n) is 3.12. The number of morpholine rings is 1. The van der Waals surface area contributed by atoms with Gasteiger partial charge in [-0.25, -0.2) is 0 Å². The third-order valence-corrected chi connectivity index (χ3v) is 4.31. The van der Waals surface area contributed by atoms with Crippen LogP contribution in [0.4, 0.5) is 0 Å². The first-order valence-corrected chi connectivity index (χ1v) is 7.60. The van der Waals surface area contributed by atoms with Gasteiger partial charge in [0, 0.05) is 19.5 Å². The normalized spacial score (nSPS) is 21.9. The van der Waals surface area contributed by atoms with Crippen molar-refractivity contribution in [1.29, 1.82) is 0 Å². The number of hydrogen-bond acceptors (Lipinski definition) is 3. The van der Waals surface area contributed by atoms with E-state index in [9.17, 15) is 5.11 Å². The summed E-state index contributed by atoms with van der Waals surface area (Å²) in [6.07, 6.45) is 0.188. The SMILES string of the molecule is CCN1CCOC(C(O)Cc2c(C)cc(C)cc2C)C1. The smallest absolute Gasteiger partial charge is 0.0964 e. The second kappa shape index (κ2) is 6.70. The maximum Gasteiger partial charge on any atom is 0.0964 e. The number of aliphatic hydroxyl groups is 1. The van der Waals surface area contributed by atoms with E-state index in [-0.39, 0.29) is 6.10 Å². The van der Waals surface area contributed by atoms with Gasteiger partial charge in [-0.05, 0) is 44.0 Å². The summed E-state index contributed by atoms with van der Waals surface area (Å²) in [6.45, 7) is 12.1. The number of nitrogens with zero attached hydrogens (tertiary/aromatic N) is 1. The van der Waals surface area contributed by atoms with Crippen LogP contribution in [0.5, 0.6) is 0 Å². The molecule has 0 amide bonds. The highest BCUT2D eigenvalue weighted by Gasteiger charge is 2.26. The molecule has 0 bridgehead atoms. The second-order valence-corrected chi connectivity index (χ2v) is 5.95. The minimum Gasteiger partial charge on any atom is -0.390 e. The van der Waals surface area contributed by atoms with Crippen LogP contribution >= 0.6 is 0 Å². The molecule has 2 atom stereocenters. The van der Waals surface area contributed by atoms with Crippen LogP contribution in [0.15, 0.2) is 12.1 Å². The fourth-order valence-corrected chi connectivity index (χ4v) is 3.12. The van der Waals surface area contributed by atoms with Gasteiger partial charge in [-0.1, -0.05) is 24.6 Å². The number of rotatable bonds is 4. The molecule has 1 aliphatic heterocycles. The van der Waals surface area contributed by atoms with Crippen LogP contribution in [-0.4, -0.2) is 48.5 Å². The zero-order valence-electron chi connectivity index (χ0n) is 13.1. The average Bonchev–Trinajstić information content (AvgIpc) is 2.42. The van der Waals surface area contributed by atoms with Crippen LogP contribution in [0, 0.1) is 20.8 Å². The minimum atomic E-state index is -0.426. The molecule has 1 N–H and O–H groups in total. The highest BCUT2D eigenvalue weighted by Crippen LogP contribution is 2.20. The van der Waals surface area contributed by atoms with E-state index in [2.05, 4.69) is 44.7 Å². The Morgan fingerprint density at radius 1 is 1.30 bits per heavy atom. The van der Waals surface area contributed by atoms with Crippen molar-refractivity contribution in [3.63, 3.8) is 0 Å². The van der Waals surface area contributed by atoms with E-state index in [1.807, 2.05) is 0 Å². The Morgan fingerprint density at radius 2 is 1.95 bits per heavy atom. The molecule has 0 spiro atoms. The van der Waals surface area contributed by atoms with Gasteiger partial charge in [0.15, 0.2) is 0 Å². The molecule has 0 saturated carbocycles. The van der Waals surface area contributed by atoms with Crippen LogP contribution in [0.3, 0.4) is 0 Å². The lowest BCUT2D eigenvalue weighted by Gasteiger charge is -2.34. The van der Waals surface area contributed by atoms with Crippen molar-refractivity contribution in [2.24, 2.45) is 0 Å². The number of hydrogen-bond donors (Lipinski definition) is 1. The summed E-state index contributed by atoms with van der Waals surface area (Å²) in [6, 6.07) is 4.38. The number of likely N-dealkylation sites (N-methyl/N-ethyl adjacent to an activating group) is 1. The lowest BCUT2D eigenvalue weighted by molar-refractivity contribution is -0.0868. The molecule has 1 aromatic rings. The molecule has 2 rings (SSSR count). The van der Waals surface area contributed by atoms with Gasteiger partial charge >= 0.3 is 0 Å². The van der Waals surface area contributed by atoms with Gasteiger partial charge in [0.25, 0.3) is 0 Å². The predicted octanol–water partition coefficient (Wildman–Crippen LogP) is 2.24. The lowest BCUT2D eigenvalue weighted by Crippen LogP contribution is -2.48. The number of aliphatic hydroxyl groups excluding tert-OH is 1. The second-order valence-electron chi connectivity index (χ2n) is 5.95. The van der Waals surface area contributed by atoms with E-state index in [1.165, 1.54) is 22.3 Å². The Morgan fingerprint density at radius 3 is 2.55 bits per heavy atom. The summed E-state index contributed by atoms with van der Waals surface area (Å²) in [5.41, 5.74) is 5.08. The van der Waals surface area contributed by atoms with Gasteiger partial charge < -0.3 is 9.84 Å². The van der Waals surface area contributed by atoms with Crippen LogP contribution in [0.2, 0.25) is 0 Å². The molecule has 0 aliphatic carbocycles. The van der Waals surface area contributed by atoms with Gasteiger partial charge in [0.1, 0.15) is 0 Å². The molecule has 2 unspecified atom stereocenters. The van der Waals surface area contributed by atoms with E-state index in [0.29, 0.717) is 6.42 Å². The molecular formula is C17H27NO2. The van der Waals surface area contributed by atoms with Crippen LogP contribution in [0.1, 0.15) is 29.2 Å². The van der Waals surface area contributed by atoms with Gasteiger partial charge in [-0.15, -0.1) is 0 Å². The summed E-state index contributed by atoms with van der Waals surface area (Å²) in [5, 5.41) is 10.5. The highest BCUT2D eigenvalue weighted by atomic mass is 16.5. The summed E-state index contributed by atoms with van der Waals surface area (Å²) in [4.78, 5) is 2.34. The maximum absolute atomic E-state index is 10.5.